The Kier molecular flexibility index (Phi) is 2.42. The highest BCUT2D eigenvalue weighted by molar-refractivity contribution is 6.21. The summed E-state index contributed by atoms with van der Waals surface area (Å²) < 4.78 is 0. The summed E-state index contributed by atoms with van der Waals surface area (Å²) in [4.78, 5) is 25.2. The third-order valence-electron chi connectivity index (χ3n) is 2.93. The second-order valence-corrected chi connectivity index (χ2v) is 3.97. The monoisotopic (exact) mass is 219 g/mol. The summed E-state index contributed by atoms with van der Waals surface area (Å²) in [7, 11) is 0. The van der Waals surface area contributed by atoms with Gasteiger partial charge in [-0.05, 0) is 31.5 Å². The number of benzene rings is 1. The van der Waals surface area contributed by atoms with Crippen LogP contribution >= 0.6 is 0 Å². The summed E-state index contributed by atoms with van der Waals surface area (Å²) in [6.07, 6.45) is 0.720. The van der Waals surface area contributed by atoms with E-state index in [-0.39, 0.29) is 23.6 Å². The lowest BCUT2D eigenvalue weighted by Crippen LogP contribution is -2.37. The molecule has 1 aliphatic rings. The third-order valence-corrected chi connectivity index (χ3v) is 2.93. The minimum Gasteiger partial charge on any atom is -0.508 e. The van der Waals surface area contributed by atoms with Gasteiger partial charge in [0.15, 0.2) is 0 Å². The van der Waals surface area contributed by atoms with Crippen LogP contribution in [0.1, 0.15) is 41.0 Å². The van der Waals surface area contributed by atoms with Crippen LogP contribution < -0.4 is 0 Å². The summed E-state index contributed by atoms with van der Waals surface area (Å²) in [5.74, 6) is -0.578. The Morgan fingerprint density at radius 3 is 2.50 bits per heavy atom. The van der Waals surface area contributed by atoms with Gasteiger partial charge in [0.25, 0.3) is 11.8 Å². The average Bonchev–Trinajstić information content (AvgIpc) is 2.51. The molecule has 0 spiro atoms. The van der Waals surface area contributed by atoms with Crippen molar-refractivity contribution in [2.24, 2.45) is 0 Å². The van der Waals surface area contributed by atoms with E-state index in [4.69, 9.17) is 0 Å². The molecular weight excluding hydrogens is 206 g/mol. The minimum absolute atomic E-state index is 0.00546. The molecule has 0 saturated carbocycles. The van der Waals surface area contributed by atoms with Gasteiger partial charge in [0.2, 0.25) is 0 Å². The van der Waals surface area contributed by atoms with E-state index in [0.717, 1.165) is 6.42 Å². The average molecular weight is 219 g/mol. The van der Waals surface area contributed by atoms with E-state index < -0.39 is 0 Å². The van der Waals surface area contributed by atoms with Crippen molar-refractivity contribution in [1.29, 1.82) is 0 Å². The van der Waals surface area contributed by atoms with Gasteiger partial charge < -0.3 is 5.11 Å². The lowest BCUT2D eigenvalue weighted by atomic mass is 10.1. The summed E-state index contributed by atoms with van der Waals surface area (Å²) in [6.45, 7) is 3.76. The van der Waals surface area contributed by atoms with Gasteiger partial charge in [0.1, 0.15) is 5.75 Å². The number of aromatic hydroxyl groups is 1. The number of carbonyl (C=O) groups excluding carboxylic acids is 2. The Morgan fingerprint density at radius 2 is 1.88 bits per heavy atom. The van der Waals surface area contributed by atoms with E-state index in [0.29, 0.717) is 11.1 Å². The Labute approximate surface area is 93.5 Å². The number of nitrogens with zero attached hydrogens (tertiary/aromatic N) is 1. The highest BCUT2D eigenvalue weighted by Crippen LogP contribution is 2.28. The van der Waals surface area contributed by atoms with Crippen LogP contribution in [0.15, 0.2) is 18.2 Å². The number of imide groups is 1. The molecule has 2 rings (SSSR count). The molecule has 4 heteroatoms. The van der Waals surface area contributed by atoms with Gasteiger partial charge in [-0.15, -0.1) is 0 Å². The number of fused-ring (bicyclic) bond motifs is 1. The van der Waals surface area contributed by atoms with Gasteiger partial charge in [-0.2, -0.15) is 0 Å². The smallest absolute Gasteiger partial charge is 0.261 e. The van der Waals surface area contributed by atoms with E-state index in [1.165, 1.54) is 23.1 Å². The molecule has 1 heterocycles. The predicted molar refractivity (Wildman–Crippen MR) is 58.4 cm³/mol. The molecule has 2 amide bonds. The van der Waals surface area contributed by atoms with Crippen LogP contribution in [0.3, 0.4) is 0 Å². The standard InChI is InChI=1S/C12H13NO3/c1-3-7(2)13-11(15)9-5-4-8(14)6-10(9)12(13)16/h4-7,14H,3H2,1-2H3. The van der Waals surface area contributed by atoms with Crippen LogP contribution in [0.5, 0.6) is 5.75 Å². The maximum Gasteiger partial charge on any atom is 0.261 e. The van der Waals surface area contributed by atoms with Gasteiger partial charge in [0, 0.05) is 6.04 Å². The fourth-order valence-electron chi connectivity index (χ4n) is 1.83. The van der Waals surface area contributed by atoms with Gasteiger partial charge in [-0.1, -0.05) is 6.92 Å². The number of phenolic OH excluding ortho intramolecular Hbond substituents is 1. The van der Waals surface area contributed by atoms with Crippen LogP contribution in [-0.4, -0.2) is 27.9 Å². The molecule has 1 aromatic carbocycles. The Balaban J connectivity index is 2.48. The topological polar surface area (TPSA) is 57.6 Å². The summed E-state index contributed by atoms with van der Waals surface area (Å²) in [5, 5.41) is 9.30. The van der Waals surface area contributed by atoms with Crippen molar-refractivity contribution in [3.63, 3.8) is 0 Å². The highest BCUT2D eigenvalue weighted by atomic mass is 16.3. The molecule has 1 aliphatic heterocycles. The number of hydrogen-bond acceptors (Lipinski definition) is 3. The molecule has 0 bridgehead atoms. The predicted octanol–water partition coefficient (Wildman–Crippen LogP) is 1.79. The molecule has 1 N–H and O–H groups in total. The van der Waals surface area contributed by atoms with Crippen molar-refractivity contribution in [2.75, 3.05) is 0 Å². The van der Waals surface area contributed by atoms with Crippen molar-refractivity contribution >= 4 is 11.8 Å². The number of rotatable bonds is 2. The van der Waals surface area contributed by atoms with E-state index in [1.54, 1.807) is 0 Å². The van der Waals surface area contributed by atoms with Crippen molar-refractivity contribution in [2.45, 2.75) is 26.3 Å². The van der Waals surface area contributed by atoms with Crippen LogP contribution in [0.25, 0.3) is 0 Å². The van der Waals surface area contributed by atoms with Crippen molar-refractivity contribution < 1.29 is 14.7 Å². The van der Waals surface area contributed by atoms with Crippen LogP contribution in [0.4, 0.5) is 0 Å². The molecular formula is C12H13NO3. The number of amides is 2. The molecule has 1 unspecified atom stereocenters. The van der Waals surface area contributed by atoms with Crippen LogP contribution in [0, 0.1) is 0 Å². The first-order valence-electron chi connectivity index (χ1n) is 5.27. The first kappa shape index (κ1) is 10.7. The maximum absolute atomic E-state index is 12.0. The maximum atomic E-state index is 12.0. The molecule has 0 aromatic heterocycles. The van der Waals surface area contributed by atoms with E-state index in [9.17, 15) is 14.7 Å². The zero-order valence-electron chi connectivity index (χ0n) is 9.23. The van der Waals surface area contributed by atoms with Crippen molar-refractivity contribution in [3.05, 3.63) is 29.3 Å². The second-order valence-electron chi connectivity index (χ2n) is 3.97. The number of hydrogen-bond donors (Lipinski definition) is 1. The molecule has 0 aliphatic carbocycles. The fraction of sp³-hybridized carbons (Fsp3) is 0.333. The Bertz CT molecular complexity index is 467. The van der Waals surface area contributed by atoms with Gasteiger partial charge in [-0.25, -0.2) is 0 Å². The highest BCUT2D eigenvalue weighted by Gasteiger charge is 2.37. The first-order valence-corrected chi connectivity index (χ1v) is 5.27. The van der Waals surface area contributed by atoms with E-state index in [2.05, 4.69) is 0 Å². The molecule has 0 saturated heterocycles. The molecule has 4 nitrogen and oxygen atoms in total. The summed E-state index contributed by atoms with van der Waals surface area (Å²) >= 11 is 0. The normalized spacial score (nSPS) is 16.5. The number of carbonyl (C=O) groups is 2. The zero-order chi connectivity index (χ0) is 11.9. The fourth-order valence-corrected chi connectivity index (χ4v) is 1.83. The zero-order valence-corrected chi connectivity index (χ0v) is 9.23. The van der Waals surface area contributed by atoms with E-state index >= 15 is 0 Å². The lowest BCUT2D eigenvalue weighted by Gasteiger charge is -2.20. The van der Waals surface area contributed by atoms with Crippen LogP contribution in [0.2, 0.25) is 0 Å². The van der Waals surface area contributed by atoms with Gasteiger partial charge in [-0.3, -0.25) is 14.5 Å². The first-order chi connectivity index (χ1) is 7.56. The molecule has 84 valence electrons. The summed E-state index contributed by atoms with van der Waals surface area (Å²) in [5.41, 5.74) is 0.674. The van der Waals surface area contributed by atoms with Gasteiger partial charge >= 0.3 is 0 Å². The molecule has 1 aromatic rings. The SMILES string of the molecule is CCC(C)N1C(=O)c2ccc(O)cc2C1=O. The van der Waals surface area contributed by atoms with Crippen LogP contribution in [-0.2, 0) is 0 Å². The summed E-state index contributed by atoms with van der Waals surface area (Å²) in [6, 6.07) is 4.14. The van der Waals surface area contributed by atoms with E-state index in [1.807, 2.05) is 13.8 Å². The third kappa shape index (κ3) is 1.38. The molecule has 0 radical (unpaired) electrons. The lowest BCUT2D eigenvalue weighted by molar-refractivity contribution is 0.0593. The molecule has 1 atom stereocenters. The van der Waals surface area contributed by atoms with Crippen molar-refractivity contribution in [1.82, 2.24) is 4.90 Å². The number of phenols is 1. The van der Waals surface area contributed by atoms with Gasteiger partial charge in [0.05, 0.1) is 11.1 Å². The molecule has 0 fully saturated rings. The molecule has 16 heavy (non-hydrogen) atoms. The Hall–Kier alpha value is -1.84. The Morgan fingerprint density at radius 1 is 1.25 bits per heavy atom. The minimum atomic E-state index is -0.315. The second kappa shape index (κ2) is 3.63. The largest absolute Gasteiger partial charge is 0.508 e. The quantitative estimate of drug-likeness (QED) is 0.771. The van der Waals surface area contributed by atoms with Crippen molar-refractivity contribution in [3.8, 4) is 5.75 Å².